The lowest BCUT2D eigenvalue weighted by molar-refractivity contribution is -0.122. The minimum Gasteiger partial charge on any atom is -0.355 e. The number of benzene rings is 2. The highest BCUT2D eigenvalue weighted by atomic mass is 16.2. The summed E-state index contributed by atoms with van der Waals surface area (Å²) in [6.07, 6.45) is 2.34. The highest BCUT2D eigenvalue weighted by Gasteiger charge is 2.41. The summed E-state index contributed by atoms with van der Waals surface area (Å²) in [5.41, 5.74) is 1.82. The van der Waals surface area contributed by atoms with Crippen LogP contribution in [0.15, 0.2) is 60.7 Å². The number of imide groups is 1. The smallest absolute Gasteiger partial charge is 0.332 e. The minimum absolute atomic E-state index is 0.0251. The van der Waals surface area contributed by atoms with Gasteiger partial charge in [0, 0.05) is 25.7 Å². The predicted octanol–water partition coefficient (Wildman–Crippen LogP) is 2.28. The Kier molecular flexibility index (Phi) is 6.62. The Morgan fingerprint density at radius 2 is 1.58 bits per heavy atom. The highest BCUT2D eigenvalue weighted by molar-refractivity contribution is 6.19. The van der Waals surface area contributed by atoms with Gasteiger partial charge >= 0.3 is 6.03 Å². The molecule has 0 atom stereocenters. The standard InChI is InChI=1S/C24H28N4O3/c29-22(25-14-11-19-7-3-1-4-8-19)17-26-15-12-20(13-16-26)27-18-23(30)28(24(27)31)21-9-5-2-6-10-21/h1-10,20H,11-18H2,(H,25,29). The Labute approximate surface area is 182 Å². The van der Waals surface area contributed by atoms with Crippen molar-refractivity contribution in [2.75, 3.05) is 37.6 Å². The molecule has 0 bridgehead atoms. The molecule has 0 aromatic heterocycles. The average Bonchev–Trinajstić information content (AvgIpc) is 3.09. The molecule has 2 saturated heterocycles. The van der Waals surface area contributed by atoms with E-state index in [1.807, 2.05) is 36.4 Å². The fraction of sp³-hybridized carbons (Fsp3) is 0.375. The highest BCUT2D eigenvalue weighted by Crippen LogP contribution is 2.26. The van der Waals surface area contributed by atoms with E-state index in [0.29, 0.717) is 18.8 Å². The molecule has 0 radical (unpaired) electrons. The quantitative estimate of drug-likeness (QED) is 0.698. The number of piperidine rings is 1. The molecule has 0 spiro atoms. The summed E-state index contributed by atoms with van der Waals surface area (Å²) in [6, 6.07) is 18.9. The van der Waals surface area contributed by atoms with Crippen molar-refractivity contribution in [3.05, 3.63) is 66.2 Å². The summed E-state index contributed by atoms with van der Waals surface area (Å²) >= 11 is 0. The maximum atomic E-state index is 12.9. The monoisotopic (exact) mass is 420 g/mol. The van der Waals surface area contributed by atoms with Crippen molar-refractivity contribution < 1.29 is 14.4 Å². The van der Waals surface area contributed by atoms with Crippen LogP contribution in [0.4, 0.5) is 10.5 Å². The topological polar surface area (TPSA) is 73.0 Å². The zero-order valence-corrected chi connectivity index (χ0v) is 17.6. The molecule has 7 nitrogen and oxygen atoms in total. The molecule has 0 unspecified atom stereocenters. The van der Waals surface area contributed by atoms with Gasteiger partial charge in [-0.1, -0.05) is 48.5 Å². The van der Waals surface area contributed by atoms with E-state index in [0.717, 1.165) is 32.4 Å². The first kappa shape index (κ1) is 21.1. The van der Waals surface area contributed by atoms with E-state index >= 15 is 0 Å². The number of rotatable bonds is 7. The van der Waals surface area contributed by atoms with Crippen LogP contribution < -0.4 is 10.2 Å². The Hall–Kier alpha value is -3.19. The van der Waals surface area contributed by atoms with Gasteiger partial charge in [0.15, 0.2) is 0 Å². The lowest BCUT2D eigenvalue weighted by Gasteiger charge is -2.35. The van der Waals surface area contributed by atoms with Crippen molar-refractivity contribution in [1.29, 1.82) is 0 Å². The molecule has 2 aliphatic heterocycles. The molecule has 2 aliphatic rings. The maximum Gasteiger partial charge on any atom is 0.332 e. The number of hydrogen-bond donors (Lipinski definition) is 1. The number of nitrogens with one attached hydrogen (secondary N) is 1. The van der Waals surface area contributed by atoms with E-state index in [2.05, 4.69) is 22.3 Å². The molecule has 7 heteroatoms. The Morgan fingerprint density at radius 1 is 0.935 bits per heavy atom. The first-order chi connectivity index (χ1) is 15.1. The Bertz CT molecular complexity index is 911. The molecule has 2 aromatic carbocycles. The van der Waals surface area contributed by atoms with Crippen LogP contribution in [-0.2, 0) is 16.0 Å². The van der Waals surface area contributed by atoms with Gasteiger partial charge < -0.3 is 10.2 Å². The van der Waals surface area contributed by atoms with Gasteiger partial charge in [0.1, 0.15) is 6.54 Å². The number of nitrogens with zero attached hydrogens (tertiary/aromatic N) is 3. The van der Waals surface area contributed by atoms with Crippen LogP contribution in [0.25, 0.3) is 0 Å². The van der Waals surface area contributed by atoms with E-state index < -0.39 is 0 Å². The largest absolute Gasteiger partial charge is 0.355 e. The molecule has 1 N–H and O–H groups in total. The van der Waals surface area contributed by atoms with Crippen molar-refractivity contribution in [2.24, 2.45) is 0 Å². The number of carbonyl (C=O) groups excluding carboxylic acids is 3. The molecule has 2 heterocycles. The number of para-hydroxylation sites is 1. The molecule has 2 aromatic rings. The average molecular weight is 421 g/mol. The van der Waals surface area contributed by atoms with E-state index in [1.165, 1.54) is 10.5 Å². The molecular weight excluding hydrogens is 392 g/mol. The van der Waals surface area contributed by atoms with Gasteiger partial charge in [-0.3, -0.25) is 14.5 Å². The van der Waals surface area contributed by atoms with E-state index in [1.54, 1.807) is 17.0 Å². The van der Waals surface area contributed by atoms with Crippen LogP contribution >= 0.6 is 0 Å². The van der Waals surface area contributed by atoms with Gasteiger partial charge in [0.25, 0.3) is 5.91 Å². The lowest BCUT2D eigenvalue weighted by Crippen LogP contribution is -2.48. The van der Waals surface area contributed by atoms with Crippen LogP contribution in [0.5, 0.6) is 0 Å². The van der Waals surface area contributed by atoms with Gasteiger partial charge in [0.05, 0.1) is 12.2 Å². The number of likely N-dealkylation sites (tertiary alicyclic amines) is 1. The van der Waals surface area contributed by atoms with E-state index in [9.17, 15) is 14.4 Å². The lowest BCUT2D eigenvalue weighted by atomic mass is 10.0. The summed E-state index contributed by atoms with van der Waals surface area (Å²) in [7, 11) is 0. The maximum absolute atomic E-state index is 12.9. The van der Waals surface area contributed by atoms with Gasteiger partial charge in [0.2, 0.25) is 5.91 Å². The molecule has 162 valence electrons. The van der Waals surface area contributed by atoms with Crippen LogP contribution in [0.1, 0.15) is 18.4 Å². The first-order valence-corrected chi connectivity index (χ1v) is 10.8. The SMILES string of the molecule is O=C(CN1CCC(N2CC(=O)N(c3ccccc3)C2=O)CC1)NCCc1ccccc1. The summed E-state index contributed by atoms with van der Waals surface area (Å²) < 4.78 is 0. The van der Waals surface area contributed by atoms with Gasteiger partial charge in [-0.25, -0.2) is 9.69 Å². The number of carbonyl (C=O) groups is 3. The fourth-order valence-electron chi connectivity index (χ4n) is 4.28. The first-order valence-electron chi connectivity index (χ1n) is 10.8. The molecular formula is C24H28N4O3. The van der Waals surface area contributed by atoms with Gasteiger partial charge in [-0.15, -0.1) is 0 Å². The van der Waals surface area contributed by atoms with Gasteiger partial charge in [-0.2, -0.15) is 0 Å². The second-order valence-electron chi connectivity index (χ2n) is 8.07. The van der Waals surface area contributed by atoms with Crippen molar-refractivity contribution >= 4 is 23.5 Å². The van der Waals surface area contributed by atoms with E-state index in [-0.39, 0.29) is 30.4 Å². The number of hydrogen-bond acceptors (Lipinski definition) is 4. The fourth-order valence-corrected chi connectivity index (χ4v) is 4.28. The zero-order valence-electron chi connectivity index (χ0n) is 17.6. The third-order valence-corrected chi connectivity index (χ3v) is 5.95. The Balaban J connectivity index is 1.22. The molecule has 2 fully saturated rings. The zero-order chi connectivity index (χ0) is 21.6. The predicted molar refractivity (Wildman–Crippen MR) is 119 cm³/mol. The van der Waals surface area contributed by atoms with E-state index in [4.69, 9.17) is 0 Å². The van der Waals surface area contributed by atoms with Crippen LogP contribution in [0.2, 0.25) is 0 Å². The number of amides is 4. The molecule has 31 heavy (non-hydrogen) atoms. The number of anilines is 1. The van der Waals surface area contributed by atoms with Crippen molar-refractivity contribution in [1.82, 2.24) is 15.1 Å². The molecule has 0 saturated carbocycles. The Morgan fingerprint density at radius 3 is 2.26 bits per heavy atom. The van der Waals surface area contributed by atoms with Crippen LogP contribution in [0, 0.1) is 0 Å². The molecule has 0 aliphatic carbocycles. The summed E-state index contributed by atoms with van der Waals surface area (Å²) in [5, 5.41) is 2.99. The molecule has 4 amide bonds. The normalized spacial score (nSPS) is 17.9. The van der Waals surface area contributed by atoms with Crippen molar-refractivity contribution in [3.63, 3.8) is 0 Å². The van der Waals surface area contributed by atoms with Gasteiger partial charge in [-0.05, 0) is 37.0 Å². The summed E-state index contributed by atoms with van der Waals surface area (Å²) in [4.78, 5) is 42.7. The third kappa shape index (κ3) is 5.11. The van der Waals surface area contributed by atoms with Crippen LogP contribution in [0.3, 0.4) is 0 Å². The third-order valence-electron chi connectivity index (χ3n) is 5.95. The van der Waals surface area contributed by atoms with Crippen molar-refractivity contribution in [3.8, 4) is 0 Å². The number of urea groups is 1. The summed E-state index contributed by atoms with van der Waals surface area (Å²) in [5.74, 6) is -0.159. The second-order valence-corrected chi connectivity index (χ2v) is 8.07. The van der Waals surface area contributed by atoms with Crippen LogP contribution in [-0.4, -0.2) is 66.4 Å². The minimum atomic E-state index is -0.242. The second kappa shape index (κ2) is 9.75. The summed E-state index contributed by atoms with van der Waals surface area (Å²) in [6.45, 7) is 2.59. The molecule has 4 rings (SSSR count). The van der Waals surface area contributed by atoms with Crippen molar-refractivity contribution in [2.45, 2.75) is 25.3 Å².